The van der Waals surface area contributed by atoms with Gasteiger partial charge in [0.25, 0.3) is 15.9 Å². The van der Waals surface area contributed by atoms with Gasteiger partial charge in [-0.2, -0.15) is 0 Å². The molecular weight excluding hydrogens is 466 g/mol. The number of benzene rings is 3. The number of carbonyl (C=O) groups excluding carboxylic acids is 1. The predicted molar refractivity (Wildman–Crippen MR) is 124 cm³/mol. The van der Waals surface area contributed by atoms with Gasteiger partial charge >= 0.3 is 0 Å². The first-order chi connectivity index (χ1) is 15.9. The Kier molecular flexibility index (Phi) is 5.27. The SMILES string of the molecule is COc1ccc(S(=O)(=O)Nc2ccccc2C(=O)Nc2nc3cc4c(cc3s2)OCO4)cc1. The molecule has 0 atom stereocenters. The lowest BCUT2D eigenvalue weighted by Gasteiger charge is -2.12. The van der Waals surface area contributed by atoms with Gasteiger partial charge in [0.05, 0.1) is 33.5 Å². The first-order valence-corrected chi connectivity index (χ1v) is 12.0. The smallest absolute Gasteiger partial charge is 0.261 e. The summed E-state index contributed by atoms with van der Waals surface area (Å²) in [6.07, 6.45) is 0. The quantitative estimate of drug-likeness (QED) is 0.424. The fraction of sp³-hybridized carbons (Fsp3) is 0.0909. The highest BCUT2D eigenvalue weighted by Crippen LogP contribution is 2.39. The van der Waals surface area contributed by atoms with Crippen LogP contribution in [0.15, 0.2) is 65.6 Å². The summed E-state index contributed by atoms with van der Waals surface area (Å²) in [6, 6.07) is 15.9. The predicted octanol–water partition coefficient (Wildman–Crippen LogP) is 4.09. The number of carbonyl (C=O) groups is 1. The molecule has 0 bridgehead atoms. The molecule has 0 fully saturated rings. The van der Waals surface area contributed by atoms with Gasteiger partial charge in [-0.15, -0.1) is 0 Å². The molecule has 2 heterocycles. The second-order valence-electron chi connectivity index (χ2n) is 6.97. The Morgan fingerprint density at radius 2 is 1.79 bits per heavy atom. The Morgan fingerprint density at radius 1 is 1.06 bits per heavy atom. The molecule has 0 saturated heterocycles. The normalized spacial score (nSPS) is 12.5. The van der Waals surface area contributed by atoms with Crippen LogP contribution in [0.3, 0.4) is 0 Å². The first kappa shape index (κ1) is 21.0. The van der Waals surface area contributed by atoms with E-state index in [1.807, 2.05) is 6.07 Å². The molecule has 9 nitrogen and oxygen atoms in total. The highest BCUT2D eigenvalue weighted by molar-refractivity contribution is 7.92. The molecule has 0 radical (unpaired) electrons. The molecule has 0 saturated carbocycles. The van der Waals surface area contributed by atoms with Crippen LogP contribution in [0.5, 0.6) is 17.2 Å². The molecule has 168 valence electrons. The van der Waals surface area contributed by atoms with Gasteiger partial charge in [0.15, 0.2) is 16.6 Å². The number of thiazole rings is 1. The molecule has 0 aliphatic carbocycles. The van der Waals surface area contributed by atoms with E-state index in [9.17, 15) is 13.2 Å². The third kappa shape index (κ3) is 4.15. The molecule has 1 aliphatic rings. The van der Waals surface area contributed by atoms with Crippen molar-refractivity contribution in [2.75, 3.05) is 23.9 Å². The van der Waals surface area contributed by atoms with Crippen LogP contribution in [0.2, 0.25) is 0 Å². The van der Waals surface area contributed by atoms with Crippen LogP contribution in [0.4, 0.5) is 10.8 Å². The molecule has 4 aromatic rings. The van der Waals surface area contributed by atoms with Crippen LogP contribution < -0.4 is 24.2 Å². The van der Waals surface area contributed by atoms with Crippen molar-refractivity contribution < 1.29 is 27.4 Å². The molecule has 1 aliphatic heterocycles. The molecule has 5 rings (SSSR count). The molecule has 3 aromatic carbocycles. The molecular formula is C22H17N3O6S2. The van der Waals surface area contributed by atoms with Crippen LogP contribution in [0, 0.1) is 0 Å². The van der Waals surface area contributed by atoms with Crippen molar-refractivity contribution in [2.45, 2.75) is 4.90 Å². The van der Waals surface area contributed by atoms with Gasteiger partial charge in [-0.1, -0.05) is 23.5 Å². The number of ether oxygens (including phenoxy) is 3. The number of rotatable bonds is 6. The average molecular weight is 484 g/mol. The number of aromatic nitrogens is 1. The fourth-order valence-electron chi connectivity index (χ4n) is 3.26. The summed E-state index contributed by atoms with van der Waals surface area (Å²) in [5.41, 5.74) is 0.962. The van der Waals surface area contributed by atoms with Gasteiger partial charge in [0.2, 0.25) is 6.79 Å². The fourth-order valence-corrected chi connectivity index (χ4v) is 5.22. The monoisotopic (exact) mass is 483 g/mol. The molecule has 0 spiro atoms. The Morgan fingerprint density at radius 3 is 2.55 bits per heavy atom. The van der Waals surface area contributed by atoms with E-state index < -0.39 is 15.9 Å². The van der Waals surface area contributed by atoms with Crippen LogP contribution in [0.1, 0.15) is 10.4 Å². The summed E-state index contributed by atoms with van der Waals surface area (Å²) in [4.78, 5) is 17.4. The maximum atomic E-state index is 13.0. The van der Waals surface area contributed by atoms with E-state index in [2.05, 4.69) is 15.0 Å². The largest absolute Gasteiger partial charge is 0.497 e. The van der Waals surface area contributed by atoms with E-state index in [0.717, 1.165) is 4.70 Å². The van der Waals surface area contributed by atoms with E-state index in [1.54, 1.807) is 30.3 Å². The Labute approximate surface area is 193 Å². The van der Waals surface area contributed by atoms with Gasteiger partial charge in [-0.05, 0) is 36.4 Å². The van der Waals surface area contributed by atoms with E-state index in [0.29, 0.717) is 27.9 Å². The Bertz CT molecular complexity index is 1420. The minimum absolute atomic E-state index is 0.0437. The maximum Gasteiger partial charge on any atom is 0.261 e. The summed E-state index contributed by atoms with van der Waals surface area (Å²) in [6.45, 7) is 0.166. The molecule has 33 heavy (non-hydrogen) atoms. The molecule has 0 unspecified atom stereocenters. The Balaban J connectivity index is 1.39. The van der Waals surface area contributed by atoms with Crippen molar-refractivity contribution in [3.8, 4) is 17.2 Å². The number of para-hydroxylation sites is 1. The lowest BCUT2D eigenvalue weighted by Crippen LogP contribution is -2.18. The van der Waals surface area contributed by atoms with Crippen molar-refractivity contribution in [2.24, 2.45) is 0 Å². The lowest BCUT2D eigenvalue weighted by molar-refractivity contribution is 0.102. The van der Waals surface area contributed by atoms with Gasteiger partial charge in [-0.25, -0.2) is 13.4 Å². The second kappa shape index (κ2) is 8.26. The van der Waals surface area contributed by atoms with Gasteiger partial charge in [-0.3, -0.25) is 14.8 Å². The van der Waals surface area contributed by atoms with Gasteiger partial charge in [0.1, 0.15) is 5.75 Å². The van der Waals surface area contributed by atoms with Crippen LogP contribution in [-0.2, 0) is 10.0 Å². The van der Waals surface area contributed by atoms with E-state index in [-0.39, 0.29) is 22.9 Å². The highest BCUT2D eigenvalue weighted by atomic mass is 32.2. The maximum absolute atomic E-state index is 13.0. The minimum atomic E-state index is -3.92. The summed E-state index contributed by atoms with van der Waals surface area (Å²) < 4.78 is 44.8. The number of nitrogens with zero attached hydrogens (tertiary/aromatic N) is 1. The third-order valence-electron chi connectivity index (χ3n) is 4.89. The highest BCUT2D eigenvalue weighted by Gasteiger charge is 2.21. The van der Waals surface area contributed by atoms with Crippen molar-refractivity contribution in [1.29, 1.82) is 0 Å². The molecule has 2 N–H and O–H groups in total. The first-order valence-electron chi connectivity index (χ1n) is 9.70. The van der Waals surface area contributed by atoms with E-state index in [4.69, 9.17) is 14.2 Å². The summed E-state index contributed by atoms with van der Waals surface area (Å²) in [7, 11) is -2.42. The van der Waals surface area contributed by atoms with Crippen molar-refractivity contribution in [3.63, 3.8) is 0 Å². The van der Waals surface area contributed by atoms with Crippen molar-refractivity contribution in [1.82, 2.24) is 4.98 Å². The van der Waals surface area contributed by atoms with Crippen molar-refractivity contribution >= 4 is 48.3 Å². The number of fused-ring (bicyclic) bond motifs is 2. The van der Waals surface area contributed by atoms with Crippen LogP contribution >= 0.6 is 11.3 Å². The van der Waals surface area contributed by atoms with Gasteiger partial charge < -0.3 is 14.2 Å². The number of hydrogen-bond acceptors (Lipinski definition) is 8. The van der Waals surface area contributed by atoms with E-state index in [1.165, 1.54) is 42.7 Å². The second-order valence-corrected chi connectivity index (χ2v) is 9.69. The topological polar surface area (TPSA) is 116 Å². The number of amides is 1. The number of nitrogens with one attached hydrogen (secondary N) is 2. The van der Waals surface area contributed by atoms with Crippen LogP contribution in [-0.4, -0.2) is 33.2 Å². The minimum Gasteiger partial charge on any atom is -0.497 e. The molecule has 1 aromatic heterocycles. The summed E-state index contributed by atoms with van der Waals surface area (Å²) in [5, 5.41) is 3.11. The van der Waals surface area contributed by atoms with Crippen molar-refractivity contribution in [3.05, 3.63) is 66.2 Å². The van der Waals surface area contributed by atoms with Gasteiger partial charge in [0, 0.05) is 12.1 Å². The summed E-state index contributed by atoms with van der Waals surface area (Å²) in [5.74, 6) is 1.27. The average Bonchev–Trinajstić information content (AvgIpc) is 3.42. The zero-order valence-electron chi connectivity index (χ0n) is 17.2. The number of sulfonamides is 1. The zero-order chi connectivity index (χ0) is 23.0. The Hall–Kier alpha value is -3.83. The molecule has 11 heteroatoms. The summed E-state index contributed by atoms with van der Waals surface area (Å²) >= 11 is 1.28. The lowest BCUT2D eigenvalue weighted by atomic mass is 10.2. The molecule has 1 amide bonds. The standard InChI is InChI=1S/C22H17N3O6S2/c1-29-13-6-8-14(9-7-13)33(27,28)25-16-5-3-2-4-15(16)21(26)24-22-23-17-10-18-19(31-12-30-18)11-20(17)32-22/h2-11,25H,12H2,1H3,(H,23,24,26). The van der Waals surface area contributed by atoms with E-state index >= 15 is 0 Å². The number of anilines is 2. The number of hydrogen-bond donors (Lipinski definition) is 2. The zero-order valence-corrected chi connectivity index (χ0v) is 18.8. The van der Waals surface area contributed by atoms with Crippen LogP contribution in [0.25, 0.3) is 10.2 Å². The number of methoxy groups -OCH3 is 1. The third-order valence-corrected chi connectivity index (χ3v) is 7.20.